The molecule has 0 aliphatic carbocycles. The van der Waals surface area contributed by atoms with Crippen molar-refractivity contribution in [3.63, 3.8) is 0 Å². The van der Waals surface area contributed by atoms with Gasteiger partial charge in [-0.2, -0.15) is 0 Å². The molecule has 7 nitrogen and oxygen atoms in total. The number of oxazole rings is 1. The fourth-order valence-electron chi connectivity index (χ4n) is 2.63. The molecule has 1 aromatic carbocycles. The second kappa shape index (κ2) is 12.7. The summed E-state index contributed by atoms with van der Waals surface area (Å²) in [6.45, 7) is 14.0. The number of hydrogen-bond donors (Lipinski definition) is 3. The first-order chi connectivity index (χ1) is 14.2. The van der Waals surface area contributed by atoms with Crippen LogP contribution in [-0.2, 0) is 18.5 Å². The van der Waals surface area contributed by atoms with Gasteiger partial charge in [-0.05, 0) is 38.0 Å². The number of carbonyl (C=O) groups is 1. The molecule has 1 unspecified atom stereocenters. The smallest absolute Gasteiger partial charge is 0.251 e. The first-order valence-corrected chi connectivity index (χ1v) is 10.6. The predicted octanol–water partition coefficient (Wildman–Crippen LogP) is 4.37. The number of guanidine groups is 1. The highest BCUT2D eigenvalue weighted by atomic mass is 127. The molecule has 2 aromatic rings. The van der Waals surface area contributed by atoms with Crippen molar-refractivity contribution in [2.45, 2.75) is 72.5 Å². The second-order valence-corrected chi connectivity index (χ2v) is 8.40. The average molecular weight is 541 g/mol. The van der Waals surface area contributed by atoms with Crippen LogP contribution >= 0.6 is 24.0 Å². The SMILES string of the molecule is CCNC(=NCc1cccc(C(=O)NC(C)CC)c1)NCc1ncc(C(C)(C)C)o1.I. The first kappa shape index (κ1) is 26.9. The minimum absolute atomic E-state index is 0. The lowest BCUT2D eigenvalue weighted by Crippen LogP contribution is -2.36. The maximum atomic E-state index is 12.3. The molecule has 1 heterocycles. The summed E-state index contributed by atoms with van der Waals surface area (Å²) in [4.78, 5) is 21.3. The summed E-state index contributed by atoms with van der Waals surface area (Å²) in [6, 6.07) is 7.71. The second-order valence-electron chi connectivity index (χ2n) is 8.40. The molecule has 0 saturated carbocycles. The van der Waals surface area contributed by atoms with Gasteiger partial charge in [0, 0.05) is 23.6 Å². The molecule has 0 aliphatic heterocycles. The van der Waals surface area contributed by atoms with Gasteiger partial charge in [-0.3, -0.25) is 4.79 Å². The quantitative estimate of drug-likeness (QED) is 0.262. The zero-order valence-corrected chi connectivity index (χ0v) is 21.7. The number of hydrogen-bond acceptors (Lipinski definition) is 4. The number of benzene rings is 1. The number of rotatable bonds is 8. The third-order valence-electron chi connectivity index (χ3n) is 4.64. The highest BCUT2D eigenvalue weighted by Crippen LogP contribution is 2.22. The zero-order valence-electron chi connectivity index (χ0n) is 19.4. The normalized spacial score (nSPS) is 12.6. The van der Waals surface area contributed by atoms with E-state index in [-0.39, 0.29) is 41.3 Å². The van der Waals surface area contributed by atoms with E-state index >= 15 is 0 Å². The van der Waals surface area contributed by atoms with Crippen LogP contribution in [0.1, 0.15) is 75.5 Å². The Hall–Kier alpha value is -2.10. The van der Waals surface area contributed by atoms with E-state index < -0.39 is 0 Å². The van der Waals surface area contributed by atoms with Crippen LogP contribution in [0.25, 0.3) is 0 Å². The number of carbonyl (C=O) groups excluding carboxylic acids is 1. The number of aliphatic imine (C=N–C) groups is 1. The molecular formula is C23H36IN5O2. The van der Waals surface area contributed by atoms with Gasteiger partial charge in [0.1, 0.15) is 5.76 Å². The molecule has 0 fully saturated rings. The molecule has 172 valence electrons. The Bertz CT molecular complexity index is 858. The Kier molecular flexibility index (Phi) is 11.0. The van der Waals surface area contributed by atoms with E-state index in [1.165, 1.54) is 0 Å². The topological polar surface area (TPSA) is 91.5 Å². The summed E-state index contributed by atoms with van der Waals surface area (Å²) in [6.07, 6.45) is 2.67. The van der Waals surface area contributed by atoms with Crippen molar-refractivity contribution in [2.24, 2.45) is 4.99 Å². The monoisotopic (exact) mass is 541 g/mol. The minimum atomic E-state index is -0.0733. The van der Waals surface area contributed by atoms with Gasteiger partial charge in [-0.25, -0.2) is 9.98 Å². The Morgan fingerprint density at radius 2 is 1.97 bits per heavy atom. The van der Waals surface area contributed by atoms with Gasteiger partial charge in [0.15, 0.2) is 5.96 Å². The van der Waals surface area contributed by atoms with E-state index in [4.69, 9.17) is 4.42 Å². The Balaban J connectivity index is 0.00000480. The van der Waals surface area contributed by atoms with E-state index in [2.05, 4.69) is 46.7 Å². The van der Waals surface area contributed by atoms with E-state index in [0.717, 1.165) is 24.3 Å². The lowest BCUT2D eigenvalue weighted by atomic mass is 9.94. The fraction of sp³-hybridized carbons (Fsp3) is 0.522. The van der Waals surface area contributed by atoms with Crippen LogP contribution in [0.3, 0.4) is 0 Å². The van der Waals surface area contributed by atoms with Gasteiger partial charge in [0.25, 0.3) is 5.91 Å². The van der Waals surface area contributed by atoms with Crippen molar-refractivity contribution in [2.75, 3.05) is 6.54 Å². The molecule has 0 radical (unpaired) electrons. The lowest BCUT2D eigenvalue weighted by molar-refractivity contribution is 0.0939. The van der Waals surface area contributed by atoms with Crippen LogP contribution in [0.5, 0.6) is 0 Å². The molecule has 0 saturated heterocycles. The van der Waals surface area contributed by atoms with Gasteiger partial charge in [-0.1, -0.05) is 39.8 Å². The third-order valence-corrected chi connectivity index (χ3v) is 4.64. The summed E-state index contributed by atoms with van der Waals surface area (Å²) < 4.78 is 5.82. The maximum absolute atomic E-state index is 12.3. The molecule has 0 spiro atoms. The molecule has 1 atom stereocenters. The van der Waals surface area contributed by atoms with Crippen molar-refractivity contribution in [1.29, 1.82) is 0 Å². The number of amides is 1. The molecule has 1 amide bonds. The molecular weight excluding hydrogens is 505 g/mol. The summed E-state index contributed by atoms with van der Waals surface area (Å²) in [5.41, 5.74) is 1.54. The maximum Gasteiger partial charge on any atom is 0.251 e. The van der Waals surface area contributed by atoms with Gasteiger partial charge in [0.05, 0.1) is 19.3 Å². The minimum Gasteiger partial charge on any atom is -0.443 e. The summed E-state index contributed by atoms with van der Waals surface area (Å²) in [5.74, 6) is 2.09. The Morgan fingerprint density at radius 1 is 1.23 bits per heavy atom. The van der Waals surface area contributed by atoms with E-state index in [1.807, 2.05) is 45.0 Å². The highest BCUT2D eigenvalue weighted by Gasteiger charge is 2.19. The van der Waals surface area contributed by atoms with Crippen LogP contribution in [-0.4, -0.2) is 29.4 Å². The lowest BCUT2D eigenvalue weighted by Gasteiger charge is -2.13. The third kappa shape index (κ3) is 8.88. The summed E-state index contributed by atoms with van der Waals surface area (Å²) in [5, 5.41) is 9.46. The van der Waals surface area contributed by atoms with Crippen molar-refractivity contribution in [3.8, 4) is 0 Å². The first-order valence-electron chi connectivity index (χ1n) is 10.6. The molecule has 2 rings (SSSR count). The van der Waals surface area contributed by atoms with Crippen LogP contribution in [0.4, 0.5) is 0 Å². The van der Waals surface area contributed by atoms with Crippen molar-refractivity contribution < 1.29 is 9.21 Å². The fourth-order valence-corrected chi connectivity index (χ4v) is 2.63. The van der Waals surface area contributed by atoms with E-state index in [1.54, 1.807) is 6.20 Å². The highest BCUT2D eigenvalue weighted by molar-refractivity contribution is 14.0. The van der Waals surface area contributed by atoms with Gasteiger partial charge >= 0.3 is 0 Å². The number of aromatic nitrogens is 1. The van der Waals surface area contributed by atoms with Gasteiger partial charge in [-0.15, -0.1) is 24.0 Å². The van der Waals surface area contributed by atoms with Crippen molar-refractivity contribution >= 4 is 35.8 Å². The van der Waals surface area contributed by atoms with Gasteiger partial charge in [0.2, 0.25) is 5.89 Å². The predicted molar refractivity (Wildman–Crippen MR) is 136 cm³/mol. The Morgan fingerprint density at radius 3 is 2.58 bits per heavy atom. The standard InChI is InChI=1S/C23H35N5O2.HI/c1-7-16(3)28-21(29)18-11-9-10-17(12-18)13-26-22(24-8-2)27-15-20-25-14-19(30-20)23(4,5)6;/h9-12,14,16H,7-8,13,15H2,1-6H3,(H,28,29)(H2,24,26,27);1H. The average Bonchev–Trinajstić information content (AvgIpc) is 3.20. The summed E-state index contributed by atoms with van der Waals surface area (Å²) in [7, 11) is 0. The number of nitrogens with one attached hydrogen (secondary N) is 3. The van der Waals surface area contributed by atoms with Crippen molar-refractivity contribution in [1.82, 2.24) is 20.9 Å². The largest absolute Gasteiger partial charge is 0.443 e. The van der Waals surface area contributed by atoms with Crippen LogP contribution in [0.2, 0.25) is 0 Å². The van der Waals surface area contributed by atoms with E-state index in [0.29, 0.717) is 30.5 Å². The molecule has 1 aromatic heterocycles. The van der Waals surface area contributed by atoms with Crippen LogP contribution in [0, 0.1) is 0 Å². The number of nitrogens with zero attached hydrogens (tertiary/aromatic N) is 2. The van der Waals surface area contributed by atoms with E-state index in [9.17, 15) is 4.79 Å². The van der Waals surface area contributed by atoms with Crippen LogP contribution in [0.15, 0.2) is 39.9 Å². The number of halogens is 1. The molecule has 8 heteroatoms. The molecule has 31 heavy (non-hydrogen) atoms. The summed E-state index contributed by atoms with van der Waals surface area (Å²) >= 11 is 0. The molecule has 0 aliphatic rings. The molecule has 3 N–H and O–H groups in total. The zero-order chi connectivity index (χ0) is 22.1. The molecule has 0 bridgehead atoms. The Labute approximate surface area is 202 Å². The van der Waals surface area contributed by atoms with Crippen LogP contribution < -0.4 is 16.0 Å². The van der Waals surface area contributed by atoms with Crippen molar-refractivity contribution in [3.05, 3.63) is 53.2 Å². The van der Waals surface area contributed by atoms with Gasteiger partial charge < -0.3 is 20.4 Å².